The van der Waals surface area contributed by atoms with E-state index >= 15 is 0 Å². The van der Waals surface area contributed by atoms with E-state index in [2.05, 4.69) is 19.2 Å². The van der Waals surface area contributed by atoms with Gasteiger partial charge in [0, 0.05) is 19.6 Å². The number of amides is 2. The first-order valence-electron chi connectivity index (χ1n) is 7.21. The van der Waals surface area contributed by atoms with Gasteiger partial charge < -0.3 is 15.3 Å². The number of likely N-dealkylation sites (tertiary alicyclic amines) is 1. The highest BCUT2D eigenvalue weighted by Gasteiger charge is 2.28. The summed E-state index contributed by atoms with van der Waals surface area (Å²) >= 11 is 0. The second kappa shape index (κ2) is 7.36. The van der Waals surface area contributed by atoms with Crippen molar-refractivity contribution < 1.29 is 14.7 Å². The first-order valence-corrected chi connectivity index (χ1v) is 7.21. The van der Waals surface area contributed by atoms with Crippen LogP contribution in [0.3, 0.4) is 0 Å². The lowest BCUT2D eigenvalue weighted by Gasteiger charge is -2.20. The monoisotopic (exact) mass is 270 g/mol. The van der Waals surface area contributed by atoms with Crippen LogP contribution in [0.2, 0.25) is 0 Å². The molecule has 2 atom stereocenters. The van der Waals surface area contributed by atoms with Crippen LogP contribution in [0.15, 0.2) is 0 Å². The van der Waals surface area contributed by atoms with Gasteiger partial charge in [0.2, 0.25) is 0 Å². The van der Waals surface area contributed by atoms with E-state index in [1.807, 2.05) is 6.92 Å². The van der Waals surface area contributed by atoms with E-state index in [0.717, 1.165) is 25.9 Å². The SMILES string of the molecule is CCCC(CNC(=O)N1CCC(C(C)C)C1)C(=O)O. The zero-order valence-electron chi connectivity index (χ0n) is 12.2. The summed E-state index contributed by atoms with van der Waals surface area (Å²) in [7, 11) is 0. The molecule has 2 amide bonds. The number of carboxylic acid groups (broad SMARTS) is 1. The number of carbonyl (C=O) groups is 2. The number of carboxylic acids is 1. The molecule has 2 unspecified atom stereocenters. The van der Waals surface area contributed by atoms with Crippen LogP contribution in [0.25, 0.3) is 0 Å². The first-order chi connectivity index (χ1) is 8.95. The van der Waals surface area contributed by atoms with Crippen molar-refractivity contribution in [2.75, 3.05) is 19.6 Å². The minimum atomic E-state index is -0.830. The number of carbonyl (C=O) groups excluding carboxylic acids is 1. The molecule has 0 aromatic carbocycles. The van der Waals surface area contributed by atoms with Crippen LogP contribution in [0, 0.1) is 17.8 Å². The third-order valence-electron chi connectivity index (χ3n) is 3.94. The standard InChI is InChI=1S/C14H26N2O3/c1-4-5-11(13(17)18)8-15-14(19)16-7-6-12(9-16)10(2)3/h10-12H,4-9H2,1-3H3,(H,15,19)(H,17,18). The largest absolute Gasteiger partial charge is 0.481 e. The molecule has 1 rings (SSSR count). The molecule has 1 heterocycles. The summed E-state index contributed by atoms with van der Waals surface area (Å²) in [6.07, 6.45) is 2.46. The molecule has 110 valence electrons. The van der Waals surface area contributed by atoms with Crippen LogP contribution in [0.5, 0.6) is 0 Å². The highest BCUT2D eigenvalue weighted by molar-refractivity contribution is 5.76. The molecule has 1 saturated heterocycles. The second-order valence-corrected chi connectivity index (χ2v) is 5.75. The lowest BCUT2D eigenvalue weighted by molar-refractivity contribution is -0.141. The molecule has 1 aliphatic heterocycles. The fourth-order valence-electron chi connectivity index (χ4n) is 2.50. The zero-order valence-corrected chi connectivity index (χ0v) is 12.2. The van der Waals surface area contributed by atoms with Gasteiger partial charge in [-0.25, -0.2) is 4.79 Å². The Labute approximate surface area is 115 Å². The molecule has 1 aliphatic rings. The Morgan fingerprint density at radius 1 is 1.42 bits per heavy atom. The van der Waals surface area contributed by atoms with Crippen LogP contribution in [-0.2, 0) is 4.79 Å². The topological polar surface area (TPSA) is 69.6 Å². The Balaban J connectivity index is 2.37. The Bertz CT molecular complexity index is 318. The maximum absolute atomic E-state index is 12.0. The second-order valence-electron chi connectivity index (χ2n) is 5.75. The summed E-state index contributed by atoms with van der Waals surface area (Å²) in [6, 6.07) is -0.120. The minimum Gasteiger partial charge on any atom is -0.481 e. The molecule has 0 radical (unpaired) electrons. The van der Waals surface area contributed by atoms with Crippen LogP contribution in [0.1, 0.15) is 40.0 Å². The average Bonchev–Trinajstić information content (AvgIpc) is 2.83. The molecule has 19 heavy (non-hydrogen) atoms. The van der Waals surface area contributed by atoms with E-state index in [1.165, 1.54) is 0 Å². The van der Waals surface area contributed by atoms with Gasteiger partial charge in [0.25, 0.3) is 0 Å². The van der Waals surface area contributed by atoms with Gasteiger partial charge in [-0.1, -0.05) is 27.2 Å². The average molecular weight is 270 g/mol. The smallest absolute Gasteiger partial charge is 0.317 e. The van der Waals surface area contributed by atoms with Gasteiger partial charge in [0.05, 0.1) is 5.92 Å². The number of nitrogens with one attached hydrogen (secondary N) is 1. The number of hydrogen-bond acceptors (Lipinski definition) is 2. The Morgan fingerprint density at radius 3 is 2.58 bits per heavy atom. The molecule has 0 aromatic heterocycles. The van der Waals surface area contributed by atoms with Gasteiger partial charge in [-0.05, 0) is 24.7 Å². The van der Waals surface area contributed by atoms with Gasteiger partial charge in [-0.2, -0.15) is 0 Å². The number of hydrogen-bond donors (Lipinski definition) is 2. The van der Waals surface area contributed by atoms with Crippen LogP contribution >= 0.6 is 0 Å². The number of nitrogens with zero attached hydrogens (tertiary/aromatic N) is 1. The number of urea groups is 1. The van der Waals surface area contributed by atoms with Crippen molar-refractivity contribution in [3.63, 3.8) is 0 Å². The first kappa shape index (κ1) is 15.8. The van der Waals surface area contributed by atoms with E-state index in [-0.39, 0.29) is 12.6 Å². The van der Waals surface area contributed by atoms with E-state index in [1.54, 1.807) is 4.90 Å². The Morgan fingerprint density at radius 2 is 2.11 bits per heavy atom. The van der Waals surface area contributed by atoms with Gasteiger partial charge in [0.15, 0.2) is 0 Å². The molecule has 5 heteroatoms. The molecule has 5 nitrogen and oxygen atoms in total. The van der Waals surface area contributed by atoms with E-state index in [0.29, 0.717) is 18.3 Å². The van der Waals surface area contributed by atoms with Crippen LogP contribution < -0.4 is 5.32 Å². The predicted molar refractivity (Wildman–Crippen MR) is 74.0 cm³/mol. The van der Waals surface area contributed by atoms with E-state index < -0.39 is 11.9 Å². The summed E-state index contributed by atoms with van der Waals surface area (Å²) in [4.78, 5) is 24.8. The summed E-state index contributed by atoms with van der Waals surface area (Å²) in [5, 5.41) is 11.8. The molecular formula is C14H26N2O3. The van der Waals surface area contributed by atoms with Crippen LogP contribution in [-0.4, -0.2) is 41.6 Å². The summed E-state index contributed by atoms with van der Waals surface area (Å²) in [5.41, 5.74) is 0. The van der Waals surface area contributed by atoms with Crippen molar-refractivity contribution in [3.05, 3.63) is 0 Å². The molecule has 1 fully saturated rings. The van der Waals surface area contributed by atoms with Crippen molar-refractivity contribution >= 4 is 12.0 Å². The molecular weight excluding hydrogens is 244 g/mol. The molecule has 2 N–H and O–H groups in total. The molecule has 0 aliphatic carbocycles. The fourth-order valence-corrected chi connectivity index (χ4v) is 2.50. The molecule has 0 bridgehead atoms. The number of rotatable bonds is 6. The number of aliphatic carboxylic acids is 1. The lowest BCUT2D eigenvalue weighted by atomic mass is 9.95. The third kappa shape index (κ3) is 4.73. The van der Waals surface area contributed by atoms with Crippen molar-refractivity contribution in [2.45, 2.75) is 40.0 Å². The third-order valence-corrected chi connectivity index (χ3v) is 3.94. The van der Waals surface area contributed by atoms with Gasteiger partial charge in [-0.15, -0.1) is 0 Å². The Hall–Kier alpha value is -1.26. The van der Waals surface area contributed by atoms with Crippen LogP contribution in [0.4, 0.5) is 4.79 Å². The molecule has 0 spiro atoms. The van der Waals surface area contributed by atoms with Crippen molar-refractivity contribution in [2.24, 2.45) is 17.8 Å². The normalized spacial score (nSPS) is 20.6. The Kier molecular flexibility index (Phi) is 6.12. The quantitative estimate of drug-likeness (QED) is 0.777. The maximum atomic E-state index is 12.0. The highest BCUT2D eigenvalue weighted by atomic mass is 16.4. The summed E-state index contributed by atoms with van der Waals surface area (Å²) < 4.78 is 0. The lowest BCUT2D eigenvalue weighted by Crippen LogP contribution is -2.42. The van der Waals surface area contributed by atoms with Gasteiger partial charge in [-0.3, -0.25) is 4.79 Å². The fraction of sp³-hybridized carbons (Fsp3) is 0.857. The molecule has 0 saturated carbocycles. The maximum Gasteiger partial charge on any atom is 0.317 e. The van der Waals surface area contributed by atoms with Crippen molar-refractivity contribution in [3.8, 4) is 0 Å². The molecule has 0 aromatic rings. The van der Waals surface area contributed by atoms with E-state index in [9.17, 15) is 9.59 Å². The van der Waals surface area contributed by atoms with E-state index in [4.69, 9.17) is 5.11 Å². The highest BCUT2D eigenvalue weighted by Crippen LogP contribution is 2.23. The van der Waals surface area contributed by atoms with Gasteiger partial charge >= 0.3 is 12.0 Å². The zero-order chi connectivity index (χ0) is 14.4. The predicted octanol–water partition coefficient (Wildman–Crippen LogP) is 2.17. The van der Waals surface area contributed by atoms with Crippen molar-refractivity contribution in [1.82, 2.24) is 10.2 Å². The summed E-state index contributed by atoms with van der Waals surface area (Å²) in [6.45, 7) is 8.09. The minimum absolute atomic E-state index is 0.120. The van der Waals surface area contributed by atoms with Crippen molar-refractivity contribution in [1.29, 1.82) is 0 Å². The van der Waals surface area contributed by atoms with Gasteiger partial charge in [0.1, 0.15) is 0 Å². The summed E-state index contributed by atoms with van der Waals surface area (Å²) in [5.74, 6) is -0.151.